The minimum absolute atomic E-state index is 0.0753. The first-order valence-corrected chi connectivity index (χ1v) is 12.5. The van der Waals surface area contributed by atoms with Crippen molar-refractivity contribution in [1.82, 2.24) is 30.4 Å². The number of benzene rings is 1. The van der Waals surface area contributed by atoms with E-state index in [1.807, 2.05) is 13.8 Å². The van der Waals surface area contributed by atoms with Crippen molar-refractivity contribution in [3.05, 3.63) is 34.6 Å². The second-order valence-electron chi connectivity index (χ2n) is 10.3. The highest BCUT2D eigenvalue weighted by Crippen LogP contribution is 2.56. The highest BCUT2D eigenvalue weighted by atomic mass is 35.5. The van der Waals surface area contributed by atoms with Crippen LogP contribution in [-0.4, -0.2) is 64.2 Å². The van der Waals surface area contributed by atoms with E-state index >= 15 is 0 Å². The van der Waals surface area contributed by atoms with E-state index in [9.17, 15) is 19.5 Å². The maximum atomic E-state index is 13.1. The maximum Gasteiger partial charge on any atom is 0.313 e. The lowest BCUT2D eigenvalue weighted by Crippen LogP contribution is -2.68. The second-order valence-corrected chi connectivity index (χ2v) is 12.4. The zero-order valence-electron chi connectivity index (χ0n) is 20.4. The van der Waals surface area contributed by atoms with E-state index in [1.54, 1.807) is 25.7 Å². The number of aromatic hydroxyl groups is 1. The molecule has 2 aliphatic rings. The lowest BCUT2D eigenvalue weighted by atomic mass is 9.95. The molecule has 0 aliphatic carbocycles. The van der Waals surface area contributed by atoms with Gasteiger partial charge >= 0.3 is 5.97 Å². The second kappa shape index (κ2) is 9.20. The standard InChI is InChI=1S/C22H28ClN7O5S/c1-21(2,3)20(34)35-9-29-27-16(26-28-29)15-22(4,5)36-19-14(18(33)30(15)19)25-17(32)13(24)10-6-7-12(31)11(23)8-10/h6-8,13-15,19,31H,9,24H2,1-5H3,(H,25,32)/t13?,14?,15?,19-/m0/s1. The summed E-state index contributed by atoms with van der Waals surface area (Å²) >= 11 is 7.43. The first kappa shape index (κ1) is 26.2. The van der Waals surface area contributed by atoms with Crippen molar-refractivity contribution in [2.45, 2.75) is 69.6 Å². The monoisotopic (exact) mass is 537 g/mol. The van der Waals surface area contributed by atoms with Crippen molar-refractivity contribution in [2.75, 3.05) is 0 Å². The Morgan fingerprint density at radius 3 is 2.69 bits per heavy atom. The fraction of sp³-hybridized carbons (Fsp3) is 0.545. The number of carbonyl (C=O) groups is 3. The molecule has 4 atom stereocenters. The van der Waals surface area contributed by atoms with Crippen LogP contribution in [0.2, 0.25) is 5.02 Å². The molecule has 0 bridgehead atoms. The van der Waals surface area contributed by atoms with E-state index in [0.717, 1.165) is 0 Å². The summed E-state index contributed by atoms with van der Waals surface area (Å²) < 4.78 is 4.75. The van der Waals surface area contributed by atoms with Crippen LogP contribution in [0.4, 0.5) is 0 Å². The summed E-state index contributed by atoms with van der Waals surface area (Å²) in [4.78, 5) is 40.7. The topological polar surface area (TPSA) is 166 Å². The summed E-state index contributed by atoms with van der Waals surface area (Å²) in [5.41, 5.74) is 5.81. The van der Waals surface area contributed by atoms with Crippen molar-refractivity contribution in [1.29, 1.82) is 0 Å². The molecule has 0 radical (unpaired) electrons. The van der Waals surface area contributed by atoms with Crippen molar-refractivity contribution in [3.8, 4) is 5.75 Å². The number of carbonyl (C=O) groups excluding carboxylic acids is 3. The molecule has 2 saturated heterocycles. The molecule has 194 valence electrons. The highest BCUT2D eigenvalue weighted by Gasteiger charge is 2.63. The predicted octanol–water partition coefficient (Wildman–Crippen LogP) is 1.50. The van der Waals surface area contributed by atoms with E-state index < -0.39 is 40.2 Å². The average molecular weight is 538 g/mol. The number of nitrogens with zero attached hydrogens (tertiary/aromatic N) is 5. The number of ether oxygens (including phenoxy) is 1. The molecule has 4 N–H and O–H groups in total. The summed E-state index contributed by atoms with van der Waals surface area (Å²) in [7, 11) is 0. The Hall–Kier alpha value is -2.90. The number of hydrogen-bond donors (Lipinski definition) is 3. The lowest BCUT2D eigenvalue weighted by molar-refractivity contribution is -0.158. The van der Waals surface area contributed by atoms with Gasteiger partial charge in [-0.05, 0) is 57.5 Å². The number of phenolic OH excluding ortho intramolecular Hbond substituents is 1. The third-order valence-corrected chi connectivity index (χ3v) is 7.86. The van der Waals surface area contributed by atoms with Crippen LogP contribution in [-0.2, 0) is 25.9 Å². The van der Waals surface area contributed by atoms with Gasteiger partial charge in [0.15, 0.2) is 5.82 Å². The minimum Gasteiger partial charge on any atom is -0.506 e. The number of esters is 1. The molecule has 2 aromatic rings. The van der Waals surface area contributed by atoms with Crippen LogP contribution < -0.4 is 11.1 Å². The number of phenols is 1. The number of amides is 2. The fourth-order valence-electron chi connectivity index (χ4n) is 4.03. The van der Waals surface area contributed by atoms with E-state index in [1.165, 1.54) is 34.8 Å². The Bertz CT molecular complexity index is 1210. The Morgan fingerprint density at radius 1 is 1.36 bits per heavy atom. The summed E-state index contributed by atoms with van der Waals surface area (Å²) in [6, 6.07) is 1.92. The van der Waals surface area contributed by atoms with Gasteiger partial charge in [-0.25, -0.2) is 0 Å². The van der Waals surface area contributed by atoms with Gasteiger partial charge in [-0.1, -0.05) is 17.7 Å². The summed E-state index contributed by atoms with van der Waals surface area (Å²) in [5.74, 6) is -1.03. The number of fused-ring (bicyclic) bond motifs is 1. The molecule has 14 heteroatoms. The normalized spacial score (nSPS) is 23.6. The summed E-state index contributed by atoms with van der Waals surface area (Å²) in [6.07, 6.45) is 0. The average Bonchev–Trinajstić information content (AvgIpc) is 3.36. The maximum absolute atomic E-state index is 13.1. The number of hydrogen-bond acceptors (Lipinski definition) is 10. The van der Waals surface area contributed by atoms with Crippen LogP contribution in [0.15, 0.2) is 18.2 Å². The van der Waals surface area contributed by atoms with Gasteiger partial charge < -0.3 is 25.8 Å². The molecule has 12 nitrogen and oxygen atoms in total. The van der Waals surface area contributed by atoms with Crippen LogP contribution in [0.1, 0.15) is 58.1 Å². The number of aromatic nitrogens is 4. The number of rotatable bonds is 6. The van der Waals surface area contributed by atoms with Crippen molar-refractivity contribution in [3.63, 3.8) is 0 Å². The van der Waals surface area contributed by atoms with Crippen molar-refractivity contribution >= 4 is 41.1 Å². The first-order valence-electron chi connectivity index (χ1n) is 11.2. The lowest BCUT2D eigenvalue weighted by Gasteiger charge is -2.44. The van der Waals surface area contributed by atoms with Crippen LogP contribution in [0, 0.1) is 5.41 Å². The van der Waals surface area contributed by atoms with Gasteiger partial charge in [0.1, 0.15) is 29.2 Å². The molecular weight excluding hydrogens is 510 g/mol. The van der Waals surface area contributed by atoms with Gasteiger partial charge in [0.2, 0.25) is 18.5 Å². The smallest absolute Gasteiger partial charge is 0.313 e. The van der Waals surface area contributed by atoms with E-state index in [2.05, 4.69) is 20.7 Å². The number of nitrogens with one attached hydrogen (secondary N) is 1. The van der Waals surface area contributed by atoms with E-state index in [-0.39, 0.29) is 28.8 Å². The highest BCUT2D eigenvalue weighted by molar-refractivity contribution is 8.01. The number of nitrogens with two attached hydrogens (primary N) is 1. The SMILES string of the molecule is CC(C)(C)C(=O)OCn1nnc(C2N3C(=O)C(NC(=O)C(N)c4ccc(O)c(Cl)c4)[C@@H]3SC2(C)C)n1. The fourth-order valence-corrected chi connectivity index (χ4v) is 5.85. The number of tetrazole rings is 1. The molecule has 0 saturated carbocycles. The molecule has 3 heterocycles. The number of β-lactam (4-membered cyclic amide) rings is 1. The molecule has 2 amide bonds. The minimum atomic E-state index is -1.07. The van der Waals surface area contributed by atoms with Crippen LogP contribution in [0.5, 0.6) is 5.75 Å². The van der Waals surface area contributed by atoms with Gasteiger partial charge in [-0.3, -0.25) is 14.4 Å². The molecule has 2 fully saturated rings. The Morgan fingerprint density at radius 2 is 2.06 bits per heavy atom. The molecule has 4 rings (SSSR count). The third kappa shape index (κ3) is 4.74. The van der Waals surface area contributed by atoms with Gasteiger partial charge in [-0.2, -0.15) is 0 Å². The number of thioether (sulfide) groups is 1. The Balaban J connectivity index is 1.44. The Kier molecular flexibility index (Phi) is 6.69. The Labute approximate surface area is 216 Å². The molecule has 36 heavy (non-hydrogen) atoms. The van der Waals surface area contributed by atoms with Gasteiger partial charge in [-0.15, -0.1) is 26.8 Å². The van der Waals surface area contributed by atoms with Crippen LogP contribution in [0.25, 0.3) is 0 Å². The molecule has 1 aromatic carbocycles. The molecule has 2 aliphatic heterocycles. The zero-order chi connectivity index (χ0) is 26.6. The summed E-state index contributed by atoms with van der Waals surface area (Å²) in [5, 5.41) is 24.4. The third-order valence-electron chi connectivity index (χ3n) is 5.99. The van der Waals surface area contributed by atoms with Gasteiger partial charge in [0, 0.05) is 4.75 Å². The van der Waals surface area contributed by atoms with Gasteiger partial charge in [0.05, 0.1) is 10.4 Å². The van der Waals surface area contributed by atoms with E-state index in [4.69, 9.17) is 22.1 Å². The predicted molar refractivity (Wildman–Crippen MR) is 130 cm³/mol. The summed E-state index contributed by atoms with van der Waals surface area (Å²) in [6.45, 7) is 8.94. The zero-order valence-corrected chi connectivity index (χ0v) is 22.0. The first-order chi connectivity index (χ1) is 16.7. The largest absolute Gasteiger partial charge is 0.506 e. The van der Waals surface area contributed by atoms with Crippen LogP contribution in [0.3, 0.4) is 0 Å². The molecule has 3 unspecified atom stereocenters. The van der Waals surface area contributed by atoms with Crippen molar-refractivity contribution in [2.24, 2.45) is 11.1 Å². The van der Waals surface area contributed by atoms with E-state index in [0.29, 0.717) is 11.4 Å². The van der Waals surface area contributed by atoms with Crippen LogP contribution >= 0.6 is 23.4 Å². The van der Waals surface area contributed by atoms with Crippen molar-refractivity contribution < 1.29 is 24.2 Å². The van der Waals surface area contributed by atoms with Gasteiger partial charge in [0.25, 0.3) is 0 Å². The molecule has 0 spiro atoms. The number of halogens is 1. The quantitative estimate of drug-likeness (QED) is 0.363. The molecule has 1 aromatic heterocycles. The molecular formula is C22H28ClN7O5S.